The molecule has 0 radical (unpaired) electrons. The lowest BCUT2D eigenvalue weighted by Crippen LogP contribution is -2.56. The number of nitrogens with one attached hydrogen (secondary N) is 1. The molecule has 2 saturated heterocycles. The average Bonchev–Trinajstić information content (AvgIpc) is 3.11. The van der Waals surface area contributed by atoms with E-state index in [-0.39, 0.29) is 41.7 Å². The molecular formula is C24H27NO8. The molecule has 2 heterocycles. The second-order valence-electron chi connectivity index (χ2n) is 10.5. The summed E-state index contributed by atoms with van der Waals surface area (Å²) < 4.78 is 6.39. The molecule has 6 rings (SSSR count). The van der Waals surface area contributed by atoms with Crippen molar-refractivity contribution in [2.45, 2.75) is 57.7 Å². The number of aromatic hydroxyl groups is 3. The molecule has 9 nitrogen and oxygen atoms in total. The van der Waals surface area contributed by atoms with Gasteiger partial charge in [-0.3, -0.25) is 9.59 Å². The van der Waals surface area contributed by atoms with E-state index in [1.165, 1.54) is 0 Å². The van der Waals surface area contributed by atoms with Crippen molar-refractivity contribution in [3.05, 3.63) is 23.8 Å². The molecule has 5 N–H and O–H groups in total. The van der Waals surface area contributed by atoms with Gasteiger partial charge < -0.3 is 30.5 Å². The first kappa shape index (κ1) is 21.8. The van der Waals surface area contributed by atoms with Crippen LogP contribution >= 0.6 is 0 Å². The molecule has 1 aromatic rings. The number of carboxylic acids is 1. The number of carbonyl (C=O) groups is 3. The monoisotopic (exact) mass is 457 g/mol. The van der Waals surface area contributed by atoms with Crippen molar-refractivity contribution in [1.82, 2.24) is 0 Å². The van der Waals surface area contributed by atoms with Crippen LogP contribution in [0.2, 0.25) is 0 Å². The Bertz CT molecular complexity index is 1130. The van der Waals surface area contributed by atoms with Crippen LogP contribution in [-0.2, 0) is 14.3 Å². The van der Waals surface area contributed by atoms with Gasteiger partial charge in [-0.25, -0.2) is 4.79 Å². The first-order chi connectivity index (χ1) is 15.4. The van der Waals surface area contributed by atoms with Crippen LogP contribution in [-0.4, -0.2) is 49.8 Å². The molecule has 1 spiro atoms. The van der Waals surface area contributed by atoms with Gasteiger partial charge in [0.15, 0.2) is 23.0 Å². The molecule has 176 valence electrons. The maximum atomic E-state index is 13.1. The number of phenolic OH excluding ortho intramolecular Hbond substituents is 2. The van der Waals surface area contributed by atoms with Gasteiger partial charge in [-0.2, -0.15) is 0 Å². The first-order valence-corrected chi connectivity index (χ1v) is 11.1. The Hall–Kier alpha value is -3.07. The van der Waals surface area contributed by atoms with Gasteiger partial charge in [-0.05, 0) is 50.0 Å². The lowest BCUT2D eigenvalue weighted by atomic mass is 9.51. The number of rotatable bonds is 5. The summed E-state index contributed by atoms with van der Waals surface area (Å²) in [4.78, 5) is 37.1. The number of carboxylic acid groups (broad SMARTS) is 1. The molecule has 6 atom stereocenters. The summed E-state index contributed by atoms with van der Waals surface area (Å²) in [5.41, 5.74) is -2.33. The Labute approximate surface area is 190 Å². The van der Waals surface area contributed by atoms with Crippen LogP contribution in [0.1, 0.15) is 56.3 Å². The van der Waals surface area contributed by atoms with E-state index in [1.807, 2.05) is 6.92 Å². The fourth-order valence-electron chi connectivity index (χ4n) is 7.15. The highest BCUT2D eigenvalue weighted by Gasteiger charge is 2.71. The minimum atomic E-state index is -1.53. The summed E-state index contributed by atoms with van der Waals surface area (Å²) in [6, 6.07) is 0.695. The number of amides is 1. The quantitative estimate of drug-likeness (QED) is 0.334. The van der Waals surface area contributed by atoms with E-state index in [9.17, 15) is 29.7 Å². The van der Waals surface area contributed by atoms with Crippen LogP contribution < -0.4 is 5.32 Å². The van der Waals surface area contributed by atoms with Gasteiger partial charge in [0, 0.05) is 23.8 Å². The second-order valence-corrected chi connectivity index (χ2v) is 10.5. The van der Waals surface area contributed by atoms with Crippen molar-refractivity contribution in [3.8, 4) is 17.2 Å². The lowest BCUT2D eigenvalue weighted by molar-refractivity contribution is -0.169. The van der Waals surface area contributed by atoms with Crippen LogP contribution in [0.25, 0.3) is 0 Å². The number of aromatic carboxylic acids is 1. The van der Waals surface area contributed by atoms with Crippen molar-refractivity contribution >= 4 is 23.3 Å². The number of benzene rings is 1. The zero-order valence-electron chi connectivity index (χ0n) is 18.4. The number of allylic oxidation sites excluding steroid dienone is 2. The number of hydrogen-bond acceptors (Lipinski definition) is 7. The van der Waals surface area contributed by atoms with Gasteiger partial charge in [0.2, 0.25) is 5.91 Å². The molecule has 33 heavy (non-hydrogen) atoms. The van der Waals surface area contributed by atoms with Crippen molar-refractivity contribution in [2.75, 3.05) is 5.32 Å². The van der Waals surface area contributed by atoms with Crippen molar-refractivity contribution in [2.24, 2.45) is 22.7 Å². The van der Waals surface area contributed by atoms with Crippen LogP contribution in [0, 0.1) is 22.7 Å². The molecule has 1 amide bonds. The van der Waals surface area contributed by atoms with E-state index >= 15 is 0 Å². The number of phenols is 3. The summed E-state index contributed by atoms with van der Waals surface area (Å²) in [6.45, 7) is 4.03. The topological polar surface area (TPSA) is 153 Å². The summed E-state index contributed by atoms with van der Waals surface area (Å²) in [7, 11) is 0. The standard InChI is InChI=1S/C24H27NO8/c1-22(5-4-16(28)25-17-18(29)12(21(31)32)8-13(26)19(17)30)15(27)3-6-24-9-11-7-14(20(22)24)33-23(11,2)10-24/h3,6,8,11,14,20,26,29-30H,4-5,7,9-10H2,1-2H3,(H,25,28)(H,31,32)/t11-,14+,20+,22-,23+,24+/m1/s1. The Morgan fingerprint density at radius 2 is 1.94 bits per heavy atom. The van der Waals surface area contributed by atoms with Gasteiger partial charge >= 0.3 is 5.97 Å². The van der Waals surface area contributed by atoms with Crippen molar-refractivity contribution in [1.29, 1.82) is 0 Å². The predicted octanol–water partition coefficient (Wildman–Crippen LogP) is 2.94. The van der Waals surface area contributed by atoms with Crippen LogP contribution in [0.5, 0.6) is 17.2 Å². The zero-order chi connectivity index (χ0) is 23.9. The molecule has 4 bridgehead atoms. The molecule has 9 heteroatoms. The Kier molecular flexibility index (Phi) is 4.43. The third kappa shape index (κ3) is 2.91. The highest BCUT2D eigenvalue weighted by Crippen LogP contribution is 2.71. The summed E-state index contributed by atoms with van der Waals surface area (Å²) in [5, 5.41) is 41.4. The fourth-order valence-corrected chi connectivity index (χ4v) is 7.15. The predicted molar refractivity (Wildman–Crippen MR) is 115 cm³/mol. The summed E-state index contributed by atoms with van der Waals surface area (Å²) >= 11 is 0. The summed E-state index contributed by atoms with van der Waals surface area (Å²) in [5.74, 6) is -4.25. The van der Waals surface area contributed by atoms with E-state index in [0.29, 0.717) is 12.0 Å². The number of ketones is 1. The smallest absolute Gasteiger partial charge is 0.339 e. The summed E-state index contributed by atoms with van der Waals surface area (Å²) in [6.07, 6.45) is 6.53. The minimum Gasteiger partial charge on any atom is -0.505 e. The van der Waals surface area contributed by atoms with Gasteiger partial charge in [-0.1, -0.05) is 13.0 Å². The Morgan fingerprint density at radius 3 is 2.61 bits per heavy atom. The molecular weight excluding hydrogens is 430 g/mol. The average molecular weight is 457 g/mol. The molecule has 2 saturated carbocycles. The normalized spacial score (nSPS) is 37.9. The number of anilines is 1. The highest BCUT2D eigenvalue weighted by atomic mass is 16.5. The van der Waals surface area contributed by atoms with Crippen molar-refractivity contribution < 1.29 is 39.5 Å². The van der Waals surface area contributed by atoms with Gasteiger partial charge in [-0.15, -0.1) is 0 Å². The molecule has 4 fully saturated rings. The maximum absolute atomic E-state index is 13.1. The maximum Gasteiger partial charge on any atom is 0.339 e. The van der Waals surface area contributed by atoms with E-state index in [1.54, 1.807) is 6.08 Å². The van der Waals surface area contributed by atoms with E-state index < -0.39 is 45.8 Å². The number of carbonyl (C=O) groups excluding carboxylic acids is 2. The molecule has 5 aliphatic rings. The molecule has 0 aromatic heterocycles. The third-order valence-electron chi connectivity index (χ3n) is 8.53. The SMILES string of the molecule is C[C@]12C[C@@]34C=CC(=O)[C@@](C)(CCC(=O)Nc5c(O)c(O)cc(C(=O)O)c5O)[C@@H]3[C@H](C[C@@H]1C4)O2. The van der Waals surface area contributed by atoms with E-state index in [2.05, 4.69) is 18.3 Å². The van der Waals surface area contributed by atoms with Gasteiger partial charge in [0.1, 0.15) is 11.3 Å². The van der Waals surface area contributed by atoms with E-state index in [4.69, 9.17) is 9.84 Å². The van der Waals surface area contributed by atoms with Crippen LogP contribution in [0.3, 0.4) is 0 Å². The fraction of sp³-hybridized carbons (Fsp3) is 0.542. The highest BCUT2D eigenvalue weighted by molar-refractivity contribution is 6.01. The van der Waals surface area contributed by atoms with Crippen molar-refractivity contribution in [3.63, 3.8) is 0 Å². The number of ether oxygens (including phenoxy) is 1. The lowest BCUT2D eigenvalue weighted by Gasteiger charge is -2.55. The third-order valence-corrected chi connectivity index (χ3v) is 8.53. The number of hydrogen-bond donors (Lipinski definition) is 5. The zero-order valence-corrected chi connectivity index (χ0v) is 18.4. The molecule has 2 aliphatic heterocycles. The second kappa shape index (κ2) is 6.72. The molecule has 1 aromatic carbocycles. The first-order valence-electron chi connectivity index (χ1n) is 11.1. The largest absolute Gasteiger partial charge is 0.505 e. The van der Waals surface area contributed by atoms with Gasteiger partial charge in [0.25, 0.3) is 0 Å². The van der Waals surface area contributed by atoms with E-state index in [0.717, 1.165) is 19.3 Å². The van der Waals surface area contributed by atoms with Gasteiger partial charge in [0.05, 0.1) is 11.7 Å². The Balaban J connectivity index is 1.37. The van der Waals surface area contributed by atoms with Crippen LogP contribution in [0.15, 0.2) is 18.2 Å². The van der Waals surface area contributed by atoms with Crippen LogP contribution in [0.4, 0.5) is 5.69 Å². The molecule has 0 unspecified atom stereocenters. The molecule has 3 aliphatic carbocycles. The minimum absolute atomic E-state index is 0.0386. The Morgan fingerprint density at radius 1 is 1.21 bits per heavy atom.